The summed E-state index contributed by atoms with van der Waals surface area (Å²) in [6.45, 7) is 10.3. The van der Waals surface area contributed by atoms with E-state index in [4.69, 9.17) is 9.47 Å². The van der Waals surface area contributed by atoms with Gasteiger partial charge in [-0.2, -0.15) is 13.2 Å². The van der Waals surface area contributed by atoms with Crippen LogP contribution in [0.5, 0.6) is 0 Å². The molecule has 0 aromatic heterocycles. The molecule has 0 saturated heterocycles. The first-order chi connectivity index (χ1) is 11.3. The van der Waals surface area contributed by atoms with E-state index in [-0.39, 0.29) is 12.3 Å². The Labute approximate surface area is 145 Å². The van der Waals surface area contributed by atoms with Gasteiger partial charge in [-0.3, -0.25) is 0 Å². The summed E-state index contributed by atoms with van der Waals surface area (Å²) in [4.78, 5) is 0. The van der Waals surface area contributed by atoms with E-state index in [1.807, 2.05) is 13.8 Å². The summed E-state index contributed by atoms with van der Waals surface area (Å²) in [5.41, 5.74) is 0. The van der Waals surface area contributed by atoms with Crippen LogP contribution in [0.2, 0.25) is 0 Å². The van der Waals surface area contributed by atoms with E-state index in [9.17, 15) is 13.2 Å². The summed E-state index contributed by atoms with van der Waals surface area (Å²) in [6, 6.07) is 0. The van der Waals surface area contributed by atoms with E-state index < -0.39 is 18.4 Å². The highest BCUT2D eigenvalue weighted by Crippen LogP contribution is 2.36. The van der Waals surface area contributed by atoms with Crippen molar-refractivity contribution in [2.24, 2.45) is 5.92 Å². The Morgan fingerprint density at radius 3 is 1.88 bits per heavy atom. The maximum atomic E-state index is 12.7. The molecular formula is C19H35F3O2. The monoisotopic (exact) mass is 352 g/mol. The minimum atomic E-state index is -4.16. The van der Waals surface area contributed by atoms with Crippen molar-refractivity contribution in [2.45, 2.75) is 90.5 Å². The molecule has 0 heterocycles. The third kappa shape index (κ3) is 9.67. The highest BCUT2D eigenvalue weighted by molar-refractivity contribution is 4.95. The second kappa shape index (κ2) is 12.8. The largest absolute Gasteiger partial charge is 0.389 e. The van der Waals surface area contributed by atoms with Crippen LogP contribution < -0.4 is 0 Å². The molecule has 0 aliphatic heterocycles. The van der Waals surface area contributed by atoms with Crippen LogP contribution in [-0.4, -0.2) is 25.2 Å². The summed E-state index contributed by atoms with van der Waals surface area (Å²) in [5, 5.41) is 0. The van der Waals surface area contributed by atoms with Gasteiger partial charge in [0.1, 0.15) is 0 Å². The van der Waals surface area contributed by atoms with Gasteiger partial charge < -0.3 is 9.47 Å². The van der Waals surface area contributed by atoms with Crippen molar-refractivity contribution < 1.29 is 22.6 Å². The Balaban J connectivity index is 4.82. The SMILES string of the molecule is C=CC(OCC)(OCC)C(CCCCCCCC)CCC(F)(F)F. The smallest absolute Gasteiger partial charge is 0.346 e. The number of hydrogen-bond donors (Lipinski definition) is 0. The van der Waals surface area contributed by atoms with Crippen molar-refractivity contribution in [3.8, 4) is 0 Å². The van der Waals surface area contributed by atoms with Crippen LogP contribution in [0.4, 0.5) is 13.2 Å². The summed E-state index contributed by atoms with van der Waals surface area (Å²) in [7, 11) is 0. The van der Waals surface area contributed by atoms with Crippen molar-refractivity contribution in [3.05, 3.63) is 12.7 Å². The standard InChI is InChI=1S/C19H35F3O2/c1-5-9-10-11-12-13-14-17(15-16-19(20,21)22)18(6-2,23-7-3)24-8-4/h6,17H,2,5,7-16H2,1,3-4H3. The first-order valence-corrected chi connectivity index (χ1v) is 9.33. The summed E-state index contributed by atoms with van der Waals surface area (Å²) < 4.78 is 49.6. The zero-order chi connectivity index (χ0) is 18.5. The fraction of sp³-hybridized carbons (Fsp3) is 0.895. The number of hydrogen-bond acceptors (Lipinski definition) is 2. The quantitative estimate of drug-likeness (QED) is 0.187. The molecule has 5 heteroatoms. The highest BCUT2D eigenvalue weighted by atomic mass is 19.4. The lowest BCUT2D eigenvalue weighted by atomic mass is 9.87. The van der Waals surface area contributed by atoms with Crippen molar-refractivity contribution in [3.63, 3.8) is 0 Å². The van der Waals surface area contributed by atoms with Gasteiger partial charge in [-0.05, 0) is 32.8 Å². The fourth-order valence-electron chi connectivity index (χ4n) is 3.07. The van der Waals surface area contributed by atoms with Crippen LogP contribution in [0, 0.1) is 5.92 Å². The predicted octanol–water partition coefficient (Wildman–Crippen LogP) is 6.65. The average Bonchev–Trinajstić information content (AvgIpc) is 2.52. The van der Waals surface area contributed by atoms with Gasteiger partial charge in [0.2, 0.25) is 0 Å². The Morgan fingerprint density at radius 1 is 0.875 bits per heavy atom. The molecule has 0 aromatic carbocycles. The van der Waals surface area contributed by atoms with Crippen molar-refractivity contribution in [1.82, 2.24) is 0 Å². The Morgan fingerprint density at radius 2 is 1.42 bits per heavy atom. The summed E-state index contributed by atoms with van der Waals surface area (Å²) in [6.07, 6.45) is 3.87. The first kappa shape index (κ1) is 23.4. The van der Waals surface area contributed by atoms with Crippen molar-refractivity contribution in [2.75, 3.05) is 13.2 Å². The van der Waals surface area contributed by atoms with E-state index in [1.54, 1.807) is 0 Å². The number of ether oxygens (including phenoxy) is 2. The van der Waals surface area contributed by atoms with Gasteiger partial charge in [-0.15, -0.1) is 0 Å². The second-order valence-electron chi connectivity index (χ2n) is 6.20. The highest BCUT2D eigenvalue weighted by Gasteiger charge is 2.40. The lowest BCUT2D eigenvalue weighted by Gasteiger charge is -2.38. The molecule has 0 spiro atoms. The number of halogens is 3. The van der Waals surface area contributed by atoms with E-state index >= 15 is 0 Å². The number of unbranched alkanes of at least 4 members (excludes halogenated alkanes) is 5. The zero-order valence-electron chi connectivity index (χ0n) is 15.6. The van der Waals surface area contributed by atoms with Crippen LogP contribution in [0.25, 0.3) is 0 Å². The van der Waals surface area contributed by atoms with Gasteiger partial charge in [-0.1, -0.05) is 52.0 Å². The van der Waals surface area contributed by atoms with Gasteiger partial charge in [0.15, 0.2) is 5.79 Å². The van der Waals surface area contributed by atoms with E-state index in [1.165, 1.54) is 25.3 Å². The molecule has 0 amide bonds. The van der Waals surface area contributed by atoms with Gasteiger partial charge in [0, 0.05) is 25.6 Å². The molecule has 0 N–H and O–H groups in total. The maximum absolute atomic E-state index is 12.7. The average molecular weight is 352 g/mol. The minimum absolute atomic E-state index is 0.00444. The number of rotatable bonds is 15. The van der Waals surface area contributed by atoms with E-state index in [2.05, 4.69) is 13.5 Å². The lowest BCUT2D eigenvalue weighted by Crippen LogP contribution is -2.42. The van der Waals surface area contributed by atoms with Crippen LogP contribution in [0.3, 0.4) is 0 Å². The number of alkyl halides is 3. The van der Waals surface area contributed by atoms with E-state index in [0.717, 1.165) is 19.3 Å². The topological polar surface area (TPSA) is 18.5 Å². The molecule has 0 radical (unpaired) electrons. The third-order valence-electron chi connectivity index (χ3n) is 4.28. The molecule has 0 bridgehead atoms. The molecular weight excluding hydrogens is 317 g/mol. The molecule has 144 valence electrons. The lowest BCUT2D eigenvalue weighted by molar-refractivity contribution is -0.237. The van der Waals surface area contributed by atoms with Crippen molar-refractivity contribution in [1.29, 1.82) is 0 Å². The summed E-state index contributed by atoms with van der Waals surface area (Å²) >= 11 is 0. The predicted molar refractivity (Wildman–Crippen MR) is 93.0 cm³/mol. The van der Waals surface area contributed by atoms with E-state index in [0.29, 0.717) is 19.6 Å². The molecule has 0 saturated carbocycles. The third-order valence-corrected chi connectivity index (χ3v) is 4.28. The first-order valence-electron chi connectivity index (χ1n) is 9.33. The minimum Gasteiger partial charge on any atom is -0.346 e. The van der Waals surface area contributed by atoms with Crippen LogP contribution in [0.1, 0.15) is 78.6 Å². The second-order valence-corrected chi connectivity index (χ2v) is 6.20. The van der Waals surface area contributed by atoms with Crippen LogP contribution >= 0.6 is 0 Å². The molecule has 1 unspecified atom stereocenters. The fourth-order valence-corrected chi connectivity index (χ4v) is 3.07. The van der Waals surface area contributed by atoms with Crippen LogP contribution in [-0.2, 0) is 9.47 Å². The van der Waals surface area contributed by atoms with Gasteiger partial charge in [-0.25, -0.2) is 0 Å². The Bertz CT molecular complexity index is 310. The summed E-state index contributed by atoms with van der Waals surface area (Å²) in [5.74, 6) is -1.44. The van der Waals surface area contributed by atoms with Gasteiger partial charge in [0.05, 0.1) is 0 Å². The van der Waals surface area contributed by atoms with Gasteiger partial charge in [0.25, 0.3) is 0 Å². The van der Waals surface area contributed by atoms with Crippen molar-refractivity contribution >= 4 is 0 Å². The molecule has 0 aliphatic carbocycles. The molecule has 2 nitrogen and oxygen atoms in total. The molecule has 0 aromatic rings. The normalized spacial score (nSPS) is 13.9. The Kier molecular flexibility index (Phi) is 12.5. The molecule has 0 fully saturated rings. The molecule has 0 aliphatic rings. The molecule has 1 atom stereocenters. The Hall–Kier alpha value is -0.550. The maximum Gasteiger partial charge on any atom is 0.389 e. The molecule has 24 heavy (non-hydrogen) atoms. The van der Waals surface area contributed by atoms with Crippen LogP contribution in [0.15, 0.2) is 12.7 Å². The zero-order valence-corrected chi connectivity index (χ0v) is 15.6. The van der Waals surface area contributed by atoms with Gasteiger partial charge >= 0.3 is 6.18 Å². The molecule has 0 rings (SSSR count).